The van der Waals surface area contributed by atoms with E-state index in [-0.39, 0.29) is 11.8 Å². The highest BCUT2D eigenvalue weighted by Gasteiger charge is 2.66. The van der Waals surface area contributed by atoms with Crippen molar-refractivity contribution < 1.29 is 14.7 Å². The molecule has 2 fully saturated rings. The Kier molecular flexibility index (Phi) is 1.96. The number of carbonyl (C=O) groups is 2. The lowest BCUT2D eigenvalue weighted by atomic mass is 10.0. The van der Waals surface area contributed by atoms with Crippen molar-refractivity contribution in [1.82, 2.24) is 0 Å². The lowest BCUT2D eigenvalue weighted by Crippen LogP contribution is -2.33. The molecule has 1 aromatic rings. The van der Waals surface area contributed by atoms with Crippen LogP contribution >= 0.6 is 0 Å². The average molecular weight is 257 g/mol. The van der Waals surface area contributed by atoms with Gasteiger partial charge >= 0.3 is 5.97 Å². The van der Waals surface area contributed by atoms with E-state index < -0.39 is 11.9 Å². The third-order valence-corrected chi connectivity index (χ3v) is 4.91. The van der Waals surface area contributed by atoms with Gasteiger partial charge in [-0.3, -0.25) is 9.59 Å². The quantitative estimate of drug-likeness (QED) is 0.881. The molecule has 2 aliphatic carbocycles. The molecule has 1 heterocycles. The largest absolute Gasteiger partial charge is 0.481 e. The molecule has 2 unspecified atom stereocenters. The summed E-state index contributed by atoms with van der Waals surface area (Å²) < 4.78 is 0. The fourth-order valence-electron chi connectivity index (χ4n) is 3.43. The molecule has 0 bridgehead atoms. The number of hydrogen-bond donors (Lipinski definition) is 1. The van der Waals surface area contributed by atoms with Crippen molar-refractivity contribution in [2.24, 2.45) is 11.3 Å². The van der Waals surface area contributed by atoms with Gasteiger partial charge in [-0.25, -0.2) is 0 Å². The van der Waals surface area contributed by atoms with Gasteiger partial charge in [-0.1, -0.05) is 18.2 Å². The highest BCUT2D eigenvalue weighted by molar-refractivity contribution is 6.02. The van der Waals surface area contributed by atoms with Crippen LogP contribution in [0.25, 0.3) is 0 Å². The lowest BCUT2D eigenvalue weighted by molar-refractivity contribution is -0.138. The second-order valence-electron chi connectivity index (χ2n) is 6.02. The smallest absolute Gasteiger partial charge is 0.312 e. The summed E-state index contributed by atoms with van der Waals surface area (Å²) in [5, 5.41) is 9.29. The van der Waals surface area contributed by atoms with Crippen LogP contribution in [-0.4, -0.2) is 23.5 Å². The number of nitrogens with zero attached hydrogens (tertiary/aromatic N) is 1. The van der Waals surface area contributed by atoms with E-state index in [2.05, 4.69) is 0 Å². The predicted molar refractivity (Wildman–Crippen MR) is 68.9 cm³/mol. The number of carbonyl (C=O) groups excluding carboxylic acids is 1. The van der Waals surface area contributed by atoms with Crippen LogP contribution in [0.3, 0.4) is 0 Å². The molecular formula is C15H15NO3. The van der Waals surface area contributed by atoms with E-state index in [1.54, 1.807) is 4.90 Å². The van der Waals surface area contributed by atoms with Gasteiger partial charge in [-0.2, -0.15) is 0 Å². The van der Waals surface area contributed by atoms with Crippen molar-refractivity contribution in [3.8, 4) is 0 Å². The van der Waals surface area contributed by atoms with E-state index in [0.29, 0.717) is 12.0 Å². The minimum atomic E-state index is -0.848. The first-order chi connectivity index (χ1) is 9.12. The minimum Gasteiger partial charge on any atom is -0.481 e. The van der Waals surface area contributed by atoms with Crippen molar-refractivity contribution in [3.63, 3.8) is 0 Å². The molecule has 0 radical (unpaired) electrons. The number of anilines is 1. The first-order valence-corrected chi connectivity index (χ1v) is 6.75. The Morgan fingerprint density at radius 2 is 2.00 bits per heavy atom. The zero-order chi connectivity index (χ0) is 13.2. The zero-order valence-electron chi connectivity index (χ0n) is 10.5. The Balaban J connectivity index is 1.67. The topological polar surface area (TPSA) is 57.6 Å². The van der Waals surface area contributed by atoms with Crippen LogP contribution < -0.4 is 4.90 Å². The first-order valence-electron chi connectivity index (χ1n) is 6.75. The van der Waals surface area contributed by atoms with Gasteiger partial charge in [0.1, 0.15) is 5.92 Å². The highest BCUT2D eigenvalue weighted by Crippen LogP contribution is 2.71. The maximum atomic E-state index is 12.5. The second kappa shape index (κ2) is 3.38. The summed E-state index contributed by atoms with van der Waals surface area (Å²) in [5.41, 5.74) is 1.88. The zero-order valence-corrected chi connectivity index (χ0v) is 10.5. The van der Waals surface area contributed by atoms with Gasteiger partial charge < -0.3 is 10.0 Å². The number of aliphatic carboxylic acids is 1. The predicted octanol–water partition coefficient (Wildman–Crippen LogP) is 2.00. The lowest BCUT2D eigenvalue weighted by Gasteiger charge is -2.17. The third kappa shape index (κ3) is 1.46. The fourth-order valence-corrected chi connectivity index (χ4v) is 3.43. The molecule has 4 heteroatoms. The van der Waals surface area contributed by atoms with Crippen LogP contribution in [0.1, 0.15) is 30.7 Å². The molecule has 19 heavy (non-hydrogen) atoms. The van der Waals surface area contributed by atoms with E-state index in [1.165, 1.54) is 12.8 Å². The van der Waals surface area contributed by atoms with Crippen LogP contribution in [0.15, 0.2) is 24.3 Å². The van der Waals surface area contributed by atoms with Crippen molar-refractivity contribution in [2.45, 2.75) is 25.2 Å². The van der Waals surface area contributed by atoms with Crippen molar-refractivity contribution in [3.05, 3.63) is 29.8 Å². The SMILES string of the molecule is O=C(O)C1CN(C(=O)C2CC23CC3)c2ccccc21. The summed E-state index contributed by atoms with van der Waals surface area (Å²) in [6, 6.07) is 7.38. The maximum Gasteiger partial charge on any atom is 0.312 e. The Hall–Kier alpha value is -1.84. The molecular weight excluding hydrogens is 242 g/mol. The van der Waals surface area contributed by atoms with Gasteiger partial charge in [-0.05, 0) is 36.3 Å². The molecule has 1 spiro atoms. The Bertz CT molecular complexity index is 591. The van der Waals surface area contributed by atoms with Gasteiger partial charge in [0.15, 0.2) is 0 Å². The van der Waals surface area contributed by atoms with Gasteiger partial charge in [0.05, 0.1) is 0 Å². The van der Waals surface area contributed by atoms with E-state index in [4.69, 9.17) is 0 Å². The molecule has 1 aromatic carbocycles. The monoisotopic (exact) mass is 257 g/mol. The third-order valence-electron chi connectivity index (χ3n) is 4.91. The summed E-state index contributed by atoms with van der Waals surface area (Å²) in [6.07, 6.45) is 3.34. The average Bonchev–Trinajstić information content (AvgIpc) is 3.29. The summed E-state index contributed by atoms with van der Waals surface area (Å²) in [4.78, 5) is 25.5. The molecule has 1 aliphatic heterocycles. The van der Waals surface area contributed by atoms with Gasteiger partial charge in [0, 0.05) is 18.2 Å². The molecule has 1 N–H and O–H groups in total. The summed E-state index contributed by atoms with van der Waals surface area (Å²) in [5.74, 6) is -1.14. The number of carboxylic acids is 1. The number of fused-ring (bicyclic) bond motifs is 1. The van der Waals surface area contributed by atoms with Gasteiger partial charge in [-0.15, -0.1) is 0 Å². The van der Waals surface area contributed by atoms with Crippen molar-refractivity contribution in [2.75, 3.05) is 11.4 Å². The van der Waals surface area contributed by atoms with E-state index in [0.717, 1.165) is 17.7 Å². The van der Waals surface area contributed by atoms with Crippen molar-refractivity contribution >= 4 is 17.6 Å². The highest BCUT2D eigenvalue weighted by atomic mass is 16.4. The number of benzene rings is 1. The summed E-state index contributed by atoms with van der Waals surface area (Å²) >= 11 is 0. The molecule has 4 nitrogen and oxygen atoms in total. The van der Waals surface area contributed by atoms with Gasteiger partial charge in [0.25, 0.3) is 0 Å². The second-order valence-corrected chi connectivity index (χ2v) is 6.02. The van der Waals surface area contributed by atoms with Crippen LogP contribution in [0.4, 0.5) is 5.69 Å². The summed E-state index contributed by atoms with van der Waals surface area (Å²) in [6.45, 7) is 0.292. The molecule has 3 aliphatic rings. The van der Waals surface area contributed by atoms with E-state index in [1.807, 2.05) is 24.3 Å². The Morgan fingerprint density at radius 3 is 2.63 bits per heavy atom. The molecule has 1 amide bonds. The number of carboxylic acid groups (broad SMARTS) is 1. The van der Waals surface area contributed by atoms with Crippen LogP contribution in [0, 0.1) is 11.3 Å². The molecule has 2 saturated carbocycles. The Morgan fingerprint density at radius 1 is 1.26 bits per heavy atom. The number of hydrogen-bond acceptors (Lipinski definition) is 2. The van der Waals surface area contributed by atoms with E-state index in [9.17, 15) is 14.7 Å². The van der Waals surface area contributed by atoms with Crippen LogP contribution in [0.2, 0.25) is 0 Å². The molecule has 2 atom stereocenters. The molecule has 0 aromatic heterocycles. The van der Waals surface area contributed by atoms with E-state index >= 15 is 0 Å². The fraction of sp³-hybridized carbons (Fsp3) is 0.467. The summed E-state index contributed by atoms with van der Waals surface area (Å²) in [7, 11) is 0. The number of rotatable bonds is 2. The normalized spacial score (nSPS) is 29.2. The van der Waals surface area contributed by atoms with Crippen LogP contribution in [0.5, 0.6) is 0 Å². The first kappa shape index (κ1) is 11.0. The minimum absolute atomic E-state index is 0.133. The van der Waals surface area contributed by atoms with Crippen molar-refractivity contribution in [1.29, 1.82) is 0 Å². The Labute approximate surface area is 111 Å². The van der Waals surface area contributed by atoms with Crippen LogP contribution in [-0.2, 0) is 9.59 Å². The standard InChI is InChI=1S/C15H15NO3/c17-13(11-7-15(11)5-6-15)16-8-10(14(18)19)9-3-1-2-4-12(9)16/h1-4,10-11H,5-8H2,(H,18,19). The number of amides is 1. The molecule has 0 saturated heterocycles. The van der Waals surface area contributed by atoms with Gasteiger partial charge in [0.2, 0.25) is 5.91 Å². The number of para-hydroxylation sites is 1. The molecule has 98 valence electrons. The molecule has 4 rings (SSSR count). The maximum absolute atomic E-state index is 12.5.